The van der Waals surface area contributed by atoms with Crippen molar-refractivity contribution in [3.05, 3.63) is 45.1 Å². The van der Waals surface area contributed by atoms with Gasteiger partial charge in [-0.15, -0.1) is 0 Å². The zero-order valence-electron chi connectivity index (χ0n) is 10.4. The van der Waals surface area contributed by atoms with Crippen LogP contribution in [0, 0.1) is 0 Å². The molecule has 0 amide bonds. The van der Waals surface area contributed by atoms with Crippen LogP contribution in [0.5, 0.6) is 0 Å². The molecule has 0 aliphatic rings. The molecule has 0 atom stereocenters. The van der Waals surface area contributed by atoms with Crippen LogP contribution < -0.4 is 5.32 Å². The lowest BCUT2D eigenvalue weighted by Gasteiger charge is -2.07. The predicted molar refractivity (Wildman–Crippen MR) is 79.1 cm³/mol. The van der Waals surface area contributed by atoms with Gasteiger partial charge in [-0.05, 0) is 40.5 Å². The SMILES string of the molecule is CCc1nn(C)cc1CNc1ccc(Cl)c(Br)c1. The van der Waals surface area contributed by atoms with E-state index in [1.54, 1.807) is 0 Å². The maximum absolute atomic E-state index is 5.96. The van der Waals surface area contributed by atoms with E-state index in [1.807, 2.05) is 29.9 Å². The molecular formula is C13H15BrClN3. The van der Waals surface area contributed by atoms with Crippen molar-refractivity contribution in [2.24, 2.45) is 7.05 Å². The Morgan fingerprint density at radius 3 is 2.89 bits per heavy atom. The molecule has 0 aliphatic heterocycles. The van der Waals surface area contributed by atoms with Gasteiger partial charge in [0.1, 0.15) is 0 Å². The summed E-state index contributed by atoms with van der Waals surface area (Å²) in [7, 11) is 1.95. The first-order chi connectivity index (χ1) is 8.60. The van der Waals surface area contributed by atoms with E-state index in [1.165, 1.54) is 5.56 Å². The second-order valence-electron chi connectivity index (χ2n) is 4.11. The van der Waals surface area contributed by atoms with Crippen LogP contribution in [0.3, 0.4) is 0 Å². The Labute approximate surface area is 120 Å². The minimum absolute atomic E-state index is 0.719. The summed E-state index contributed by atoms with van der Waals surface area (Å²) in [5, 5.41) is 8.51. The molecule has 0 bridgehead atoms. The average Bonchev–Trinajstić information content (AvgIpc) is 2.71. The molecule has 1 heterocycles. The first-order valence-electron chi connectivity index (χ1n) is 5.80. The fourth-order valence-corrected chi connectivity index (χ4v) is 2.33. The van der Waals surface area contributed by atoms with E-state index >= 15 is 0 Å². The quantitative estimate of drug-likeness (QED) is 0.919. The van der Waals surface area contributed by atoms with Crippen LogP contribution in [0.25, 0.3) is 0 Å². The Hall–Kier alpha value is -1.000. The highest BCUT2D eigenvalue weighted by Crippen LogP contribution is 2.25. The average molecular weight is 329 g/mol. The van der Waals surface area contributed by atoms with Crippen LogP contribution in [0.2, 0.25) is 5.02 Å². The smallest absolute Gasteiger partial charge is 0.0671 e. The van der Waals surface area contributed by atoms with Crippen molar-refractivity contribution < 1.29 is 0 Å². The fraction of sp³-hybridized carbons (Fsp3) is 0.308. The highest BCUT2D eigenvalue weighted by molar-refractivity contribution is 9.10. The van der Waals surface area contributed by atoms with Crippen molar-refractivity contribution in [1.29, 1.82) is 0 Å². The highest BCUT2D eigenvalue weighted by atomic mass is 79.9. The van der Waals surface area contributed by atoms with Crippen molar-refractivity contribution in [1.82, 2.24) is 9.78 Å². The maximum atomic E-state index is 5.96. The normalized spacial score (nSPS) is 10.7. The van der Waals surface area contributed by atoms with Crippen LogP contribution in [0.4, 0.5) is 5.69 Å². The summed E-state index contributed by atoms with van der Waals surface area (Å²) in [6, 6.07) is 5.82. The third kappa shape index (κ3) is 3.06. The first-order valence-corrected chi connectivity index (χ1v) is 6.97. The Morgan fingerprint density at radius 1 is 1.44 bits per heavy atom. The molecule has 18 heavy (non-hydrogen) atoms. The molecule has 0 radical (unpaired) electrons. The van der Waals surface area contributed by atoms with Gasteiger partial charge in [0.05, 0.1) is 10.7 Å². The standard InChI is InChI=1S/C13H15BrClN3/c1-3-13-9(8-18(2)17-13)7-16-10-4-5-12(15)11(14)6-10/h4-6,8,16H,3,7H2,1-2H3. The van der Waals surface area contributed by atoms with Crippen molar-refractivity contribution in [3.63, 3.8) is 0 Å². The monoisotopic (exact) mass is 327 g/mol. The molecule has 1 aromatic carbocycles. The molecule has 0 spiro atoms. The number of anilines is 1. The number of aromatic nitrogens is 2. The number of hydrogen-bond acceptors (Lipinski definition) is 2. The van der Waals surface area contributed by atoms with Crippen LogP contribution in [-0.4, -0.2) is 9.78 Å². The van der Waals surface area contributed by atoms with E-state index in [-0.39, 0.29) is 0 Å². The first kappa shape index (κ1) is 13.4. The molecule has 0 unspecified atom stereocenters. The summed E-state index contributed by atoms with van der Waals surface area (Å²) in [5.41, 5.74) is 3.40. The number of nitrogens with one attached hydrogen (secondary N) is 1. The number of benzene rings is 1. The fourth-order valence-electron chi connectivity index (χ4n) is 1.83. The molecule has 0 aliphatic carbocycles. The van der Waals surface area contributed by atoms with Gasteiger partial charge in [-0.1, -0.05) is 18.5 Å². The Morgan fingerprint density at radius 2 is 2.22 bits per heavy atom. The number of rotatable bonds is 4. The van der Waals surface area contributed by atoms with E-state index in [9.17, 15) is 0 Å². The molecule has 1 N–H and O–H groups in total. The van der Waals surface area contributed by atoms with E-state index in [4.69, 9.17) is 11.6 Å². The zero-order chi connectivity index (χ0) is 13.1. The van der Waals surface area contributed by atoms with Crippen LogP contribution in [-0.2, 0) is 20.0 Å². The second kappa shape index (κ2) is 5.76. The van der Waals surface area contributed by atoms with Gasteiger partial charge in [0.25, 0.3) is 0 Å². The van der Waals surface area contributed by atoms with E-state index in [0.717, 1.165) is 33.8 Å². The lowest BCUT2D eigenvalue weighted by Crippen LogP contribution is -2.01. The molecule has 1 aromatic heterocycles. The van der Waals surface area contributed by atoms with Crippen LogP contribution >= 0.6 is 27.5 Å². The van der Waals surface area contributed by atoms with Crippen molar-refractivity contribution >= 4 is 33.2 Å². The molecular weight excluding hydrogens is 314 g/mol. The molecule has 2 aromatic rings. The van der Waals surface area contributed by atoms with Gasteiger partial charge in [-0.2, -0.15) is 5.10 Å². The molecule has 2 rings (SSSR count). The maximum Gasteiger partial charge on any atom is 0.0671 e. The van der Waals surface area contributed by atoms with Gasteiger partial charge >= 0.3 is 0 Å². The summed E-state index contributed by atoms with van der Waals surface area (Å²) in [6.45, 7) is 2.88. The van der Waals surface area contributed by atoms with Crippen LogP contribution in [0.15, 0.2) is 28.9 Å². The van der Waals surface area contributed by atoms with E-state index in [0.29, 0.717) is 0 Å². The summed E-state index contributed by atoms with van der Waals surface area (Å²) in [5.74, 6) is 0. The third-order valence-electron chi connectivity index (χ3n) is 2.73. The number of nitrogens with zero attached hydrogens (tertiary/aromatic N) is 2. The highest BCUT2D eigenvalue weighted by Gasteiger charge is 2.06. The summed E-state index contributed by atoms with van der Waals surface area (Å²) in [4.78, 5) is 0. The number of aryl methyl sites for hydroxylation is 2. The lowest BCUT2D eigenvalue weighted by molar-refractivity contribution is 0.746. The third-order valence-corrected chi connectivity index (χ3v) is 3.94. The lowest BCUT2D eigenvalue weighted by atomic mass is 10.2. The largest absolute Gasteiger partial charge is 0.381 e. The second-order valence-corrected chi connectivity index (χ2v) is 5.37. The van der Waals surface area contributed by atoms with Gasteiger partial charge in [0.15, 0.2) is 0 Å². The summed E-state index contributed by atoms with van der Waals surface area (Å²) >= 11 is 9.38. The molecule has 0 saturated carbocycles. The van der Waals surface area contributed by atoms with Gasteiger partial charge in [-0.25, -0.2) is 0 Å². The Balaban J connectivity index is 2.08. The van der Waals surface area contributed by atoms with Crippen molar-refractivity contribution in [3.8, 4) is 0 Å². The summed E-state index contributed by atoms with van der Waals surface area (Å²) < 4.78 is 2.75. The van der Waals surface area contributed by atoms with Gasteiger partial charge in [-0.3, -0.25) is 4.68 Å². The molecule has 0 fully saturated rings. The van der Waals surface area contributed by atoms with E-state index < -0.39 is 0 Å². The Bertz CT molecular complexity index is 551. The minimum Gasteiger partial charge on any atom is -0.381 e. The van der Waals surface area contributed by atoms with Crippen molar-refractivity contribution in [2.75, 3.05) is 5.32 Å². The zero-order valence-corrected chi connectivity index (χ0v) is 12.7. The molecule has 5 heteroatoms. The van der Waals surface area contributed by atoms with Gasteiger partial charge < -0.3 is 5.32 Å². The molecule has 96 valence electrons. The number of halogens is 2. The molecule has 0 saturated heterocycles. The van der Waals surface area contributed by atoms with Crippen molar-refractivity contribution in [2.45, 2.75) is 19.9 Å². The van der Waals surface area contributed by atoms with Gasteiger partial charge in [0, 0.05) is 35.5 Å². The predicted octanol–water partition coefficient (Wildman–Crippen LogP) is 4.01. The Kier molecular flexibility index (Phi) is 4.30. The minimum atomic E-state index is 0.719. The number of hydrogen-bond donors (Lipinski definition) is 1. The van der Waals surface area contributed by atoms with Gasteiger partial charge in [0.2, 0.25) is 0 Å². The summed E-state index contributed by atoms with van der Waals surface area (Å²) in [6.07, 6.45) is 3.00. The van der Waals surface area contributed by atoms with E-state index in [2.05, 4.69) is 39.5 Å². The molecule has 3 nitrogen and oxygen atoms in total. The topological polar surface area (TPSA) is 29.9 Å². The van der Waals surface area contributed by atoms with Crippen LogP contribution in [0.1, 0.15) is 18.2 Å².